The maximum absolute atomic E-state index is 15.1. The van der Waals surface area contributed by atoms with Gasteiger partial charge in [-0.05, 0) is 56.8 Å². The van der Waals surface area contributed by atoms with E-state index in [1.54, 1.807) is 11.8 Å². The van der Waals surface area contributed by atoms with E-state index in [-0.39, 0.29) is 34.2 Å². The molecule has 1 aliphatic carbocycles. The summed E-state index contributed by atoms with van der Waals surface area (Å²) in [6.45, 7) is -1.61. The molecule has 3 N–H and O–H groups in total. The van der Waals surface area contributed by atoms with E-state index in [1.165, 1.54) is 6.07 Å². The van der Waals surface area contributed by atoms with Gasteiger partial charge < -0.3 is 25.4 Å². The maximum Gasteiger partial charge on any atom is 0.387 e. The summed E-state index contributed by atoms with van der Waals surface area (Å²) in [5, 5.41) is 2.97. The van der Waals surface area contributed by atoms with Crippen LogP contribution in [-0.4, -0.2) is 51.0 Å². The largest absolute Gasteiger partial charge is 0.485 e. The molecule has 12 heteroatoms. The van der Waals surface area contributed by atoms with Gasteiger partial charge in [-0.3, -0.25) is 9.59 Å². The molecule has 0 aromatic heterocycles. The molecule has 2 aliphatic rings. The zero-order chi connectivity index (χ0) is 33.3. The molecule has 7 nitrogen and oxygen atoms in total. The Kier molecular flexibility index (Phi) is 13.0. The molecule has 1 saturated carbocycles. The van der Waals surface area contributed by atoms with Crippen LogP contribution in [-0.2, 0) is 16.0 Å². The lowest BCUT2D eigenvalue weighted by molar-refractivity contribution is -0.134. The Balaban J connectivity index is 0.000000288. The highest BCUT2D eigenvalue weighted by atomic mass is 35.5. The van der Waals surface area contributed by atoms with Gasteiger partial charge >= 0.3 is 6.61 Å². The summed E-state index contributed by atoms with van der Waals surface area (Å²) in [6, 6.07) is 13.6. The van der Waals surface area contributed by atoms with E-state index < -0.39 is 30.1 Å². The number of carbonyl (C=O) groups excluding carboxylic acids is 2. The van der Waals surface area contributed by atoms with Crippen molar-refractivity contribution < 1.29 is 36.6 Å². The number of ether oxygens (including phenoxy) is 2. The van der Waals surface area contributed by atoms with Crippen molar-refractivity contribution in [2.45, 2.75) is 57.8 Å². The van der Waals surface area contributed by atoms with Crippen LogP contribution in [0.1, 0.15) is 48.5 Å². The molecule has 1 atom stereocenters. The number of halogens is 5. The minimum Gasteiger partial charge on any atom is -0.485 e. The first-order chi connectivity index (χ1) is 21.4. The summed E-state index contributed by atoms with van der Waals surface area (Å²) in [5.74, 6) is -1.62. The number of primary amides is 1. The third kappa shape index (κ3) is 8.88. The molecule has 1 unspecified atom stereocenters. The first-order valence-electron chi connectivity index (χ1n) is 14.4. The number of fused-ring (bicyclic) bond motifs is 1. The molecule has 0 radical (unpaired) electrons. The average Bonchev–Trinajstić information content (AvgIpc) is 3.44. The number of hydrogen-bond donors (Lipinski definition) is 2. The number of alkyl halides is 2. The third-order valence-corrected chi connectivity index (χ3v) is 8.19. The van der Waals surface area contributed by atoms with Crippen molar-refractivity contribution in [3.05, 3.63) is 81.9 Å². The van der Waals surface area contributed by atoms with E-state index in [4.69, 9.17) is 21.1 Å². The van der Waals surface area contributed by atoms with Crippen molar-refractivity contribution in [1.29, 1.82) is 0 Å². The number of rotatable bonds is 6. The summed E-state index contributed by atoms with van der Waals surface area (Å²) >= 11 is 6.22. The second-order valence-corrected chi connectivity index (χ2v) is 11.3. The Bertz CT molecular complexity index is 1450. The van der Waals surface area contributed by atoms with Gasteiger partial charge in [-0.2, -0.15) is 8.78 Å². The summed E-state index contributed by atoms with van der Waals surface area (Å²) in [6.07, 6.45) is 4.55. The zero-order valence-electron chi connectivity index (χ0n) is 25.6. The number of hydrogen-bond acceptors (Lipinski definition) is 5. The average molecular weight is 652 g/mol. The van der Waals surface area contributed by atoms with Crippen LogP contribution in [0, 0.1) is 24.5 Å². The van der Waals surface area contributed by atoms with Gasteiger partial charge in [-0.25, -0.2) is 8.78 Å². The lowest BCUT2D eigenvalue weighted by atomic mass is 9.85. The standard InChI is InChI=1S/C22H15ClF4O2.C10H20N2O.CH3NO/c1-11-7-8-15(29-22(26)27)21(25)18(11)19-13-9-16(12-5-3-2-4-6-12)28-17(13)10-14(24)20(19)23;1-11-9-6-4-8(5-7-9)10(13)12(2)3;2-1-3/h2-8,10,16,22H,9H2,1H3;8-9,11H,4-7H2,1-3H3;1H,(H2,2,3). The minimum absolute atomic E-state index is 0.0822. The molecule has 3 aromatic carbocycles. The Morgan fingerprint density at radius 1 is 1.09 bits per heavy atom. The summed E-state index contributed by atoms with van der Waals surface area (Å²) in [7, 11) is 5.68. The van der Waals surface area contributed by atoms with Crippen LogP contribution in [0.15, 0.2) is 48.5 Å². The summed E-state index contributed by atoms with van der Waals surface area (Å²) in [4.78, 5) is 21.9. The van der Waals surface area contributed by atoms with Crippen LogP contribution < -0.4 is 20.5 Å². The van der Waals surface area contributed by atoms with Crippen molar-refractivity contribution in [3.63, 3.8) is 0 Å². The van der Waals surface area contributed by atoms with Crippen molar-refractivity contribution in [2.24, 2.45) is 11.7 Å². The number of carbonyl (C=O) groups is 2. The van der Waals surface area contributed by atoms with Crippen LogP contribution in [0.3, 0.4) is 0 Å². The molecule has 1 aliphatic heterocycles. The smallest absolute Gasteiger partial charge is 0.387 e. The predicted molar refractivity (Wildman–Crippen MR) is 165 cm³/mol. The lowest BCUT2D eigenvalue weighted by Crippen LogP contribution is -2.36. The van der Waals surface area contributed by atoms with E-state index >= 15 is 4.39 Å². The molecule has 45 heavy (non-hydrogen) atoms. The maximum atomic E-state index is 15.1. The summed E-state index contributed by atoms with van der Waals surface area (Å²) < 4.78 is 65.1. The number of nitrogens with one attached hydrogen (secondary N) is 1. The Morgan fingerprint density at radius 2 is 1.71 bits per heavy atom. The van der Waals surface area contributed by atoms with Gasteiger partial charge in [0.05, 0.1) is 5.02 Å². The van der Waals surface area contributed by atoms with Gasteiger partial charge in [0.2, 0.25) is 12.3 Å². The molecular weight excluding hydrogens is 614 g/mol. The zero-order valence-corrected chi connectivity index (χ0v) is 26.3. The third-order valence-electron chi connectivity index (χ3n) is 7.82. The second-order valence-electron chi connectivity index (χ2n) is 10.9. The first kappa shape index (κ1) is 35.6. The van der Waals surface area contributed by atoms with Gasteiger partial charge in [0, 0.05) is 55.2 Å². The fourth-order valence-corrected chi connectivity index (χ4v) is 5.85. The molecule has 2 amide bonds. The highest BCUT2D eigenvalue weighted by Crippen LogP contribution is 2.48. The van der Waals surface area contributed by atoms with Crippen LogP contribution in [0.25, 0.3) is 11.1 Å². The number of aryl methyl sites for hydroxylation is 1. The SMILES string of the molecule is CNC1CCC(C(=O)N(C)C)CC1.Cc1ccc(OC(F)F)c(F)c1-c1c(Cl)c(F)cc2c1CC(c1ccccc1)O2.NC=O. The lowest BCUT2D eigenvalue weighted by Gasteiger charge is -2.29. The van der Waals surface area contributed by atoms with Crippen molar-refractivity contribution >= 4 is 23.9 Å². The second kappa shape index (κ2) is 16.5. The normalized spacial score (nSPS) is 18.4. The quantitative estimate of drug-likeness (QED) is 0.225. The molecule has 3 aromatic rings. The fourth-order valence-electron chi connectivity index (χ4n) is 5.58. The Morgan fingerprint density at radius 3 is 2.27 bits per heavy atom. The van der Waals surface area contributed by atoms with E-state index in [0.29, 0.717) is 29.5 Å². The Hall–Kier alpha value is -3.83. The highest BCUT2D eigenvalue weighted by molar-refractivity contribution is 6.34. The van der Waals surface area contributed by atoms with Crippen LogP contribution in [0.4, 0.5) is 17.6 Å². The number of amides is 2. The van der Waals surface area contributed by atoms with Crippen molar-refractivity contribution in [1.82, 2.24) is 10.2 Å². The molecule has 244 valence electrons. The summed E-state index contributed by atoms with van der Waals surface area (Å²) in [5.41, 5.74) is 5.97. The molecule has 0 spiro atoms. The van der Waals surface area contributed by atoms with Gasteiger partial charge in [0.1, 0.15) is 17.7 Å². The molecule has 0 saturated heterocycles. The van der Waals surface area contributed by atoms with Crippen LogP contribution >= 0.6 is 11.6 Å². The van der Waals surface area contributed by atoms with Crippen molar-refractivity contribution in [3.8, 4) is 22.6 Å². The van der Waals surface area contributed by atoms with Gasteiger partial charge in [-0.15, -0.1) is 0 Å². The van der Waals surface area contributed by atoms with E-state index in [9.17, 15) is 18.0 Å². The van der Waals surface area contributed by atoms with Gasteiger partial charge in [-0.1, -0.05) is 48.0 Å². The number of nitrogens with two attached hydrogens (primary N) is 1. The van der Waals surface area contributed by atoms with Crippen LogP contribution in [0.5, 0.6) is 11.5 Å². The number of nitrogens with zero attached hydrogens (tertiary/aromatic N) is 1. The molecule has 1 fully saturated rings. The van der Waals surface area contributed by atoms with E-state index in [0.717, 1.165) is 43.4 Å². The first-order valence-corrected chi connectivity index (χ1v) is 14.8. The molecule has 1 heterocycles. The Labute approximate surface area is 265 Å². The molecule has 0 bridgehead atoms. The fraction of sp³-hybridized carbons (Fsp3) is 0.394. The monoisotopic (exact) mass is 651 g/mol. The predicted octanol–water partition coefficient (Wildman–Crippen LogP) is 6.83. The van der Waals surface area contributed by atoms with E-state index in [2.05, 4.69) is 15.8 Å². The van der Waals surface area contributed by atoms with E-state index in [1.807, 2.05) is 51.5 Å². The van der Waals surface area contributed by atoms with Gasteiger partial charge in [0.15, 0.2) is 11.6 Å². The van der Waals surface area contributed by atoms with Crippen molar-refractivity contribution in [2.75, 3.05) is 21.1 Å². The molecule has 5 rings (SSSR count). The minimum atomic E-state index is -3.19. The highest BCUT2D eigenvalue weighted by Gasteiger charge is 2.32. The topological polar surface area (TPSA) is 93.9 Å². The molecular formula is C33H38ClF4N3O4. The van der Waals surface area contributed by atoms with Gasteiger partial charge in [0.25, 0.3) is 0 Å². The van der Waals surface area contributed by atoms with Crippen LogP contribution in [0.2, 0.25) is 5.02 Å². The number of benzene rings is 3.